The number of fused-ring (bicyclic) bond motifs is 1. The quantitative estimate of drug-likeness (QED) is 0.514. The first-order valence-corrected chi connectivity index (χ1v) is 7.74. The smallest absolute Gasteiger partial charge is 0.339 e. The fraction of sp³-hybridized carbons (Fsp3) is 0.176. The molecule has 25 heavy (non-hydrogen) atoms. The second kappa shape index (κ2) is 6.18. The highest BCUT2D eigenvalue weighted by Crippen LogP contribution is 2.31. The zero-order chi connectivity index (χ0) is 18.2. The Labute approximate surface area is 147 Å². The number of anilines is 1. The minimum atomic E-state index is -1.45. The zero-order valence-corrected chi connectivity index (χ0v) is 13.9. The summed E-state index contributed by atoms with van der Waals surface area (Å²) < 4.78 is 5.32. The maximum atomic E-state index is 12.6. The molecule has 1 amide bonds. The third kappa shape index (κ3) is 3.32. The number of nitrogens with zero attached hydrogens (tertiary/aromatic N) is 1. The van der Waals surface area contributed by atoms with Crippen LogP contribution in [-0.2, 0) is 16.0 Å². The molecule has 2 aromatic carbocycles. The van der Waals surface area contributed by atoms with E-state index in [1.165, 1.54) is 31.2 Å². The molecule has 1 aliphatic heterocycles. The van der Waals surface area contributed by atoms with Gasteiger partial charge in [0, 0.05) is 29.3 Å². The summed E-state index contributed by atoms with van der Waals surface area (Å²) in [5.74, 6) is -1.19. The van der Waals surface area contributed by atoms with Gasteiger partial charge < -0.3 is 10.1 Å². The molecule has 128 valence electrons. The van der Waals surface area contributed by atoms with Crippen LogP contribution in [-0.4, -0.2) is 22.4 Å². The van der Waals surface area contributed by atoms with Gasteiger partial charge in [0.2, 0.25) is 0 Å². The number of halogens is 1. The summed E-state index contributed by atoms with van der Waals surface area (Å²) in [6.45, 7) is 1.49. The average Bonchev–Trinajstić information content (AvgIpc) is 2.54. The van der Waals surface area contributed by atoms with E-state index in [1.807, 2.05) is 0 Å². The van der Waals surface area contributed by atoms with E-state index in [1.54, 1.807) is 18.2 Å². The van der Waals surface area contributed by atoms with Crippen LogP contribution in [0.25, 0.3) is 0 Å². The van der Waals surface area contributed by atoms with Gasteiger partial charge in [0.15, 0.2) is 5.60 Å². The number of amides is 1. The monoisotopic (exact) mass is 360 g/mol. The Morgan fingerprint density at radius 3 is 2.80 bits per heavy atom. The Morgan fingerprint density at radius 2 is 2.08 bits per heavy atom. The fourth-order valence-electron chi connectivity index (χ4n) is 2.65. The number of nitro benzene ring substituents is 1. The van der Waals surface area contributed by atoms with Gasteiger partial charge in [-0.25, -0.2) is 4.79 Å². The summed E-state index contributed by atoms with van der Waals surface area (Å²) in [7, 11) is 0. The number of benzene rings is 2. The summed E-state index contributed by atoms with van der Waals surface area (Å²) in [4.78, 5) is 35.1. The number of hydrogen-bond donors (Lipinski definition) is 1. The molecule has 2 aromatic rings. The van der Waals surface area contributed by atoms with Crippen molar-refractivity contribution in [3.63, 3.8) is 0 Å². The zero-order valence-electron chi connectivity index (χ0n) is 13.1. The first kappa shape index (κ1) is 16.9. The maximum Gasteiger partial charge on any atom is 0.339 e. The van der Waals surface area contributed by atoms with Crippen LogP contribution in [0.2, 0.25) is 5.02 Å². The lowest BCUT2D eigenvalue weighted by Crippen LogP contribution is -2.48. The van der Waals surface area contributed by atoms with Gasteiger partial charge in [0.25, 0.3) is 11.6 Å². The molecule has 0 spiro atoms. The number of hydrogen-bond acceptors (Lipinski definition) is 5. The Bertz CT molecular complexity index is 898. The van der Waals surface area contributed by atoms with Crippen LogP contribution in [0.4, 0.5) is 11.4 Å². The Hall–Kier alpha value is -2.93. The molecular weight excluding hydrogens is 348 g/mol. The third-order valence-corrected chi connectivity index (χ3v) is 4.16. The van der Waals surface area contributed by atoms with Crippen molar-refractivity contribution in [2.45, 2.75) is 18.9 Å². The van der Waals surface area contributed by atoms with Crippen LogP contribution in [0.15, 0.2) is 42.5 Å². The largest absolute Gasteiger partial charge is 0.445 e. The minimum Gasteiger partial charge on any atom is -0.445 e. The predicted molar refractivity (Wildman–Crippen MR) is 90.7 cm³/mol. The van der Waals surface area contributed by atoms with Crippen LogP contribution in [0, 0.1) is 10.1 Å². The van der Waals surface area contributed by atoms with Crippen LogP contribution in [0.5, 0.6) is 0 Å². The van der Waals surface area contributed by atoms with Crippen LogP contribution in [0.3, 0.4) is 0 Å². The van der Waals surface area contributed by atoms with Crippen molar-refractivity contribution in [1.29, 1.82) is 0 Å². The predicted octanol–water partition coefficient (Wildman–Crippen LogP) is 3.36. The maximum absolute atomic E-state index is 12.6. The molecule has 0 saturated heterocycles. The van der Waals surface area contributed by atoms with E-state index in [0.29, 0.717) is 16.1 Å². The first-order chi connectivity index (χ1) is 11.8. The molecule has 0 aromatic heterocycles. The minimum absolute atomic E-state index is 0.148. The summed E-state index contributed by atoms with van der Waals surface area (Å²) in [6, 6.07) is 10.3. The van der Waals surface area contributed by atoms with E-state index in [4.69, 9.17) is 16.3 Å². The first-order valence-electron chi connectivity index (χ1n) is 7.36. The van der Waals surface area contributed by atoms with Crippen molar-refractivity contribution in [1.82, 2.24) is 0 Å². The van der Waals surface area contributed by atoms with Crippen molar-refractivity contribution >= 4 is 34.9 Å². The highest BCUT2D eigenvalue weighted by Gasteiger charge is 2.42. The number of carbonyl (C=O) groups excluding carboxylic acids is 2. The van der Waals surface area contributed by atoms with Crippen molar-refractivity contribution in [3.8, 4) is 0 Å². The van der Waals surface area contributed by atoms with Crippen molar-refractivity contribution in [3.05, 3.63) is 68.7 Å². The molecule has 1 aliphatic rings. The van der Waals surface area contributed by atoms with Gasteiger partial charge in [0.1, 0.15) is 0 Å². The van der Waals surface area contributed by atoms with Gasteiger partial charge in [-0.3, -0.25) is 14.9 Å². The Balaban J connectivity index is 1.86. The lowest BCUT2D eigenvalue weighted by Gasteiger charge is -2.33. The second-order valence-electron chi connectivity index (χ2n) is 5.86. The third-order valence-electron chi connectivity index (χ3n) is 3.93. The molecule has 0 saturated carbocycles. The highest BCUT2D eigenvalue weighted by atomic mass is 35.5. The molecule has 0 fully saturated rings. The van der Waals surface area contributed by atoms with Gasteiger partial charge in [-0.1, -0.05) is 17.7 Å². The second-order valence-corrected chi connectivity index (χ2v) is 6.30. The van der Waals surface area contributed by atoms with E-state index in [0.717, 1.165) is 0 Å². The van der Waals surface area contributed by atoms with Crippen LogP contribution < -0.4 is 5.32 Å². The Morgan fingerprint density at radius 1 is 1.32 bits per heavy atom. The highest BCUT2D eigenvalue weighted by molar-refractivity contribution is 6.30. The molecular formula is C17H13ClN2O5. The van der Waals surface area contributed by atoms with Crippen molar-refractivity contribution in [2.75, 3.05) is 5.32 Å². The fourth-order valence-corrected chi connectivity index (χ4v) is 2.85. The van der Waals surface area contributed by atoms with Gasteiger partial charge in [0.05, 0.1) is 10.5 Å². The van der Waals surface area contributed by atoms with E-state index in [2.05, 4.69) is 5.32 Å². The van der Waals surface area contributed by atoms with Gasteiger partial charge in [-0.15, -0.1) is 0 Å². The molecule has 1 heterocycles. The number of cyclic esters (lactones) is 1. The van der Waals surface area contributed by atoms with Gasteiger partial charge >= 0.3 is 5.97 Å². The molecule has 8 heteroatoms. The van der Waals surface area contributed by atoms with E-state index < -0.39 is 22.4 Å². The molecule has 7 nitrogen and oxygen atoms in total. The van der Waals surface area contributed by atoms with E-state index in [9.17, 15) is 19.7 Å². The lowest BCUT2D eigenvalue weighted by atomic mass is 9.89. The molecule has 0 bridgehead atoms. The number of nitro groups is 1. The molecule has 0 radical (unpaired) electrons. The number of non-ortho nitro benzene ring substituents is 1. The average molecular weight is 361 g/mol. The van der Waals surface area contributed by atoms with Gasteiger partial charge in [-0.2, -0.15) is 0 Å². The van der Waals surface area contributed by atoms with Crippen molar-refractivity contribution in [2.24, 2.45) is 0 Å². The number of esters is 1. The summed E-state index contributed by atoms with van der Waals surface area (Å²) in [6.07, 6.45) is 0.148. The van der Waals surface area contributed by atoms with E-state index in [-0.39, 0.29) is 17.8 Å². The van der Waals surface area contributed by atoms with Crippen LogP contribution in [0.1, 0.15) is 22.8 Å². The van der Waals surface area contributed by atoms with Crippen molar-refractivity contribution < 1.29 is 19.2 Å². The summed E-state index contributed by atoms with van der Waals surface area (Å²) >= 11 is 5.96. The molecule has 0 aliphatic carbocycles. The molecule has 3 rings (SSSR count). The Kier molecular flexibility index (Phi) is 4.18. The van der Waals surface area contributed by atoms with E-state index >= 15 is 0 Å². The summed E-state index contributed by atoms with van der Waals surface area (Å²) in [5.41, 5.74) is -0.376. The topological polar surface area (TPSA) is 98.5 Å². The van der Waals surface area contributed by atoms with Gasteiger partial charge in [-0.05, 0) is 36.8 Å². The normalized spacial score (nSPS) is 18.9. The molecule has 1 atom stereocenters. The van der Waals surface area contributed by atoms with Crippen LogP contribution >= 0.6 is 11.6 Å². The SMILES string of the molecule is CC1(C(=O)Nc2cccc([N+](=O)[O-])c2)Cc2cc(Cl)ccc2C(=O)O1. The lowest BCUT2D eigenvalue weighted by molar-refractivity contribution is -0.384. The molecule has 1 unspecified atom stereocenters. The number of carbonyl (C=O) groups is 2. The standard InChI is InChI=1S/C17H13ClN2O5/c1-17(9-10-7-11(18)5-6-14(10)15(21)25-17)16(22)19-12-3-2-4-13(8-12)20(23)24/h2-8H,9H2,1H3,(H,19,22). The molecule has 1 N–H and O–H groups in total. The number of ether oxygens (including phenoxy) is 1. The number of rotatable bonds is 3. The number of nitrogens with one attached hydrogen (secondary N) is 1. The summed E-state index contributed by atoms with van der Waals surface area (Å²) in [5, 5.41) is 13.8.